The van der Waals surface area contributed by atoms with E-state index in [1.807, 2.05) is 24.3 Å². The highest BCUT2D eigenvalue weighted by atomic mass is 14.7. The lowest BCUT2D eigenvalue weighted by atomic mass is 10.4. The summed E-state index contributed by atoms with van der Waals surface area (Å²) in [5.74, 6) is 0. The number of aliphatic imine (C=N–C) groups is 1. The molecule has 0 spiro atoms. The Bertz CT molecular complexity index is 271. The maximum absolute atomic E-state index is 8.16. The van der Waals surface area contributed by atoms with Crippen molar-refractivity contribution in [3.05, 3.63) is 30.1 Å². The Labute approximate surface area is 65.0 Å². The molecule has 0 atom stereocenters. The average Bonchev–Trinajstić information content (AvgIpc) is 2.07. The van der Waals surface area contributed by atoms with E-state index in [0.29, 0.717) is 0 Å². The second-order valence-corrected chi connectivity index (χ2v) is 1.88. The summed E-state index contributed by atoms with van der Waals surface area (Å²) in [7, 11) is 0. The number of hydrogen-bond donors (Lipinski definition) is 0. The van der Waals surface area contributed by atoms with E-state index >= 15 is 0 Å². The van der Waals surface area contributed by atoms with Crippen molar-refractivity contribution in [2.24, 2.45) is 4.99 Å². The maximum atomic E-state index is 8.16. The van der Waals surface area contributed by atoms with Crippen molar-refractivity contribution in [1.82, 2.24) is 4.98 Å². The molecule has 1 aromatic rings. The lowest BCUT2D eigenvalue weighted by molar-refractivity contribution is 1.23. The van der Waals surface area contributed by atoms with Gasteiger partial charge in [0.2, 0.25) is 0 Å². The van der Waals surface area contributed by atoms with Gasteiger partial charge in [-0.1, -0.05) is 6.07 Å². The fourth-order valence-electron chi connectivity index (χ4n) is 0.632. The minimum Gasteiger partial charge on any atom is -0.276 e. The van der Waals surface area contributed by atoms with E-state index in [9.17, 15) is 0 Å². The van der Waals surface area contributed by atoms with Crippen molar-refractivity contribution in [3.63, 3.8) is 0 Å². The standard InChI is InChI=1S/C8H7N3/c9-4-6-10-7-8-3-1-2-5-11-8/h1-3,5,7H,6H2/b10-7+. The Morgan fingerprint density at radius 1 is 1.64 bits per heavy atom. The molecule has 0 aliphatic carbocycles. The van der Waals surface area contributed by atoms with Gasteiger partial charge >= 0.3 is 0 Å². The summed E-state index contributed by atoms with van der Waals surface area (Å²) in [6.07, 6.45) is 3.27. The predicted octanol–water partition coefficient (Wildman–Crippen LogP) is 1.02. The van der Waals surface area contributed by atoms with Crippen LogP contribution in [0.3, 0.4) is 0 Å². The molecule has 0 saturated heterocycles. The number of aromatic nitrogens is 1. The van der Waals surface area contributed by atoms with Gasteiger partial charge in [0, 0.05) is 12.4 Å². The average molecular weight is 145 g/mol. The molecule has 54 valence electrons. The van der Waals surface area contributed by atoms with Gasteiger partial charge in [0.25, 0.3) is 0 Å². The summed E-state index contributed by atoms with van der Waals surface area (Å²) in [5.41, 5.74) is 0.780. The van der Waals surface area contributed by atoms with Crippen LogP contribution < -0.4 is 0 Å². The first-order valence-electron chi connectivity index (χ1n) is 3.21. The molecule has 0 bridgehead atoms. The van der Waals surface area contributed by atoms with E-state index in [0.717, 1.165) is 5.69 Å². The van der Waals surface area contributed by atoms with Crippen LogP contribution in [-0.2, 0) is 0 Å². The third kappa shape index (κ3) is 2.59. The first-order chi connectivity index (χ1) is 5.43. The van der Waals surface area contributed by atoms with Crippen LogP contribution in [0, 0.1) is 11.3 Å². The van der Waals surface area contributed by atoms with Crippen LogP contribution in [0.2, 0.25) is 0 Å². The zero-order chi connectivity index (χ0) is 7.94. The Hall–Kier alpha value is -1.69. The highest BCUT2D eigenvalue weighted by molar-refractivity contribution is 5.76. The van der Waals surface area contributed by atoms with Crippen molar-refractivity contribution in [2.45, 2.75) is 0 Å². The fraction of sp³-hybridized carbons (Fsp3) is 0.125. The van der Waals surface area contributed by atoms with E-state index < -0.39 is 0 Å². The third-order valence-corrected chi connectivity index (χ3v) is 1.07. The van der Waals surface area contributed by atoms with Crippen LogP contribution in [0.4, 0.5) is 0 Å². The minimum atomic E-state index is 0.191. The molecule has 0 radical (unpaired) electrons. The van der Waals surface area contributed by atoms with Crippen LogP contribution in [0.15, 0.2) is 29.4 Å². The summed E-state index contributed by atoms with van der Waals surface area (Å²) >= 11 is 0. The van der Waals surface area contributed by atoms with Crippen molar-refractivity contribution in [1.29, 1.82) is 5.26 Å². The van der Waals surface area contributed by atoms with Crippen LogP contribution >= 0.6 is 0 Å². The molecular weight excluding hydrogens is 138 g/mol. The molecule has 0 amide bonds. The lowest BCUT2D eigenvalue weighted by Gasteiger charge is -1.86. The van der Waals surface area contributed by atoms with E-state index in [4.69, 9.17) is 5.26 Å². The van der Waals surface area contributed by atoms with Crippen LogP contribution in [-0.4, -0.2) is 17.7 Å². The summed E-state index contributed by atoms with van der Waals surface area (Å²) < 4.78 is 0. The first kappa shape index (κ1) is 7.42. The van der Waals surface area contributed by atoms with Crippen LogP contribution in [0.1, 0.15) is 5.69 Å². The highest BCUT2D eigenvalue weighted by Crippen LogP contribution is 1.87. The number of hydrogen-bond acceptors (Lipinski definition) is 3. The van der Waals surface area contributed by atoms with Crippen molar-refractivity contribution in [2.75, 3.05) is 6.54 Å². The van der Waals surface area contributed by atoms with Gasteiger partial charge in [0.15, 0.2) is 0 Å². The molecule has 1 heterocycles. The van der Waals surface area contributed by atoms with Crippen LogP contribution in [0.25, 0.3) is 0 Å². The molecule has 0 N–H and O–H groups in total. The van der Waals surface area contributed by atoms with Gasteiger partial charge in [-0.15, -0.1) is 0 Å². The van der Waals surface area contributed by atoms with Gasteiger partial charge in [-0.05, 0) is 12.1 Å². The van der Waals surface area contributed by atoms with Gasteiger partial charge < -0.3 is 0 Å². The Balaban J connectivity index is 2.59. The molecule has 0 aliphatic heterocycles. The van der Waals surface area contributed by atoms with Crippen molar-refractivity contribution >= 4 is 6.21 Å². The fourth-order valence-corrected chi connectivity index (χ4v) is 0.632. The van der Waals surface area contributed by atoms with Gasteiger partial charge in [-0.25, -0.2) is 0 Å². The second-order valence-electron chi connectivity index (χ2n) is 1.88. The summed E-state index contributed by atoms with van der Waals surface area (Å²) in [6, 6.07) is 7.46. The SMILES string of the molecule is N#CC/N=C/c1ccccn1. The Morgan fingerprint density at radius 3 is 3.18 bits per heavy atom. The molecule has 0 fully saturated rings. The molecule has 11 heavy (non-hydrogen) atoms. The molecule has 0 aromatic carbocycles. The third-order valence-electron chi connectivity index (χ3n) is 1.07. The molecule has 1 rings (SSSR count). The quantitative estimate of drug-likeness (QED) is 0.461. The molecule has 0 saturated carbocycles. The number of nitriles is 1. The van der Waals surface area contributed by atoms with Crippen molar-refractivity contribution < 1.29 is 0 Å². The summed E-state index contributed by atoms with van der Waals surface area (Å²) in [6.45, 7) is 0.191. The van der Waals surface area contributed by atoms with Gasteiger partial charge in [0.05, 0.1) is 11.8 Å². The number of nitrogens with zero attached hydrogens (tertiary/aromatic N) is 3. The van der Waals surface area contributed by atoms with Gasteiger partial charge in [0.1, 0.15) is 6.54 Å². The van der Waals surface area contributed by atoms with Gasteiger partial charge in [-0.2, -0.15) is 5.26 Å². The molecule has 3 nitrogen and oxygen atoms in total. The zero-order valence-electron chi connectivity index (χ0n) is 5.94. The largest absolute Gasteiger partial charge is 0.276 e. The topological polar surface area (TPSA) is 49.0 Å². The Morgan fingerprint density at radius 2 is 2.55 bits per heavy atom. The van der Waals surface area contributed by atoms with Gasteiger partial charge in [-0.3, -0.25) is 9.98 Å². The molecular formula is C8H7N3. The molecule has 1 aromatic heterocycles. The van der Waals surface area contributed by atoms with E-state index in [1.54, 1.807) is 12.4 Å². The summed E-state index contributed by atoms with van der Waals surface area (Å²) in [5, 5.41) is 8.16. The Kier molecular flexibility index (Phi) is 2.82. The highest BCUT2D eigenvalue weighted by Gasteiger charge is 1.82. The second kappa shape index (κ2) is 4.18. The van der Waals surface area contributed by atoms with Crippen LogP contribution in [0.5, 0.6) is 0 Å². The number of rotatable bonds is 2. The smallest absolute Gasteiger partial charge is 0.126 e. The lowest BCUT2D eigenvalue weighted by Crippen LogP contribution is -1.85. The monoisotopic (exact) mass is 145 g/mol. The molecule has 0 aliphatic rings. The minimum absolute atomic E-state index is 0.191. The molecule has 3 heteroatoms. The number of pyridine rings is 1. The normalized spacial score (nSPS) is 9.73. The first-order valence-corrected chi connectivity index (χ1v) is 3.21. The van der Waals surface area contributed by atoms with E-state index in [2.05, 4.69) is 9.98 Å². The van der Waals surface area contributed by atoms with E-state index in [-0.39, 0.29) is 6.54 Å². The molecule has 0 unspecified atom stereocenters. The zero-order valence-corrected chi connectivity index (χ0v) is 5.94. The summed E-state index contributed by atoms with van der Waals surface area (Å²) in [4.78, 5) is 7.80. The predicted molar refractivity (Wildman–Crippen MR) is 42.3 cm³/mol. The maximum Gasteiger partial charge on any atom is 0.126 e. The van der Waals surface area contributed by atoms with Crippen molar-refractivity contribution in [3.8, 4) is 6.07 Å². The van der Waals surface area contributed by atoms with E-state index in [1.165, 1.54) is 0 Å².